The number of hydrogen-bond acceptors (Lipinski definition) is 2. The summed E-state index contributed by atoms with van der Waals surface area (Å²) in [7, 11) is 1.87. The molecule has 1 saturated carbocycles. The van der Waals surface area contributed by atoms with Gasteiger partial charge in [0.2, 0.25) is 0 Å². The van der Waals surface area contributed by atoms with Crippen molar-refractivity contribution in [3.8, 4) is 0 Å². The van der Waals surface area contributed by atoms with E-state index in [1.807, 2.05) is 30.7 Å². The Morgan fingerprint density at radius 2 is 2.15 bits per heavy atom. The minimum absolute atomic E-state index is 0.0457. The van der Waals surface area contributed by atoms with Crippen LogP contribution in [-0.2, 0) is 11.8 Å². The Kier molecular flexibility index (Phi) is 2.88. The highest BCUT2D eigenvalue weighted by Gasteiger charge is 2.55. The summed E-state index contributed by atoms with van der Waals surface area (Å²) < 4.78 is 1.86. The van der Waals surface area contributed by atoms with Crippen LogP contribution in [0.4, 0.5) is 0 Å². The maximum Gasteiger partial charge on any atom is 0.311 e. The molecule has 0 radical (unpaired) electrons. The predicted molar refractivity (Wildman–Crippen MR) is 73.5 cm³/mol. The number of amides is 1. The molecule has 5 heteroatoms. The lowest BCUT2D eigenvalue weighted by Gasteiger charge is -2.23. The average Bonchev–Trinajstić information content (AvgIpc) is 3.03. The van der Waals surface area contributed by atoms with Gasteiger partial charge < -0.3 is 14.6 Å². The van der Waals surface area contributed by atoms with Crippen LogP contribution < -0.4 is 0 Å². The molecule has 20 heavy (non-hydrogen) atoms. The highest BCUT2D eigenvalue weighted by molar-refractivity contribution is 5.94. The molecular formula is C15H20N2O3. The number of nitrogens with zero attached hydrogens (tertiary/aromatic N) is 2. The van der Waals surface area contributed by atoms with Crippen molar-refractivity contribution in [3.05, 3.63) is 23.5 Å². The van der Waals surface area contributed by atoms with Gasteiger partial charge in [-0.05, 0) is 37.8 Å². The van der Waals surface area contributed by atoms with Gasteiger partial charge in [-0.15, -0.1) is 0 Å². The zero-order valence-corrected chi connectivity index (χ0v) is 11.9. The Bertz CT molecular complexity index is 578. The Hall–Kier alpha value is -1.78. The summed E-state index contributed by atoms with van der Waals surface area (Å²) in [5.74, 6) is -0.667. The number of rotatable bonds is 2. The molecule has 2 fully saturated rings. The van der Waals surface area contributed by atoms with Crippen molar-refractivity contribution < 1.29 is 14.7 Å². The van der Waals surface area contributed by atoms with E-state index in [9.17, 15) is 14.7 Å². The van der Waals surface area contributed by atoms with Crippen molar-refractivity contribution in [3.63, 3.8) is 0 Å². The van der Waals surface area contributed by atoms with E-state index in [0.717, 1.165) is 18.5 Å². The smallest absolute Gasteiger partial charge is 0.311 e. The lowest BCUT2D eigenvalue weighted by Crippen LogP contribution is -2.37. The van der Waals surface area contributed by atoms with Gasteiger partial charge in [0.15, 0.2) is 0 Å². The highest BCUT2D eigenvalue weighted by atomic mass is 16.4. The molecular weight excluding hydrogens is 256 g/mol. The molecule has 0 aromatic carbocycles. The molecule has 108 valence electrons. The van der Waals surface area contributed by atoms with Crippen molar-refractivity contribution in [2.24, 2.45) is 18.4 Å². The number of fused-ring (bicyclic) bond motifs is 1. The number of aliphatic carboxylic acids is 1. The van der Waals surface area contributed by atoms with Gasteiger partial charge in [0.05, 0.1) is 5.41 Å². The molecule has 1 aliphatic carbocycles. The first-order valence-electron chi connectivity index (χ1n) is 7.11. The molecule has 0 bridgehead atoms. The number of hydrogen-bond donors (Lipinski definition) is 1. The molecule has 1 aromatic heterocycles. The Morgan fingerprint density at radius 3 is 2.70 bits per heavy atom. The maximum absolute atomic E-state index is 12.6. The summed E-state index contributed by atoms with van der Waals surface area (Å²) in [6.07, 6.45) is 2.58. The minimum atomic E-state index is -0.738. The Morgan fingerprint density at radius 1 is 1.40 bits per heavy atom. The van der Waals surface area contributed by atoms with Crippen LogP contribution in [0.15, 0.2) is 12.1 Å². The molecule has 3 rings (SSSR count). The number of likely N-dealkylation sites (tertiary alicyclic amines) is 1. The first kappa shape index (κ1) is 13.2. The van der Waals surface area contributed by atoms with E-state index < -0.39 is 11.4 Å². The third kappa shape index (κ3) is 1.69. The second kappa shape index (κ2) is 4.36. The van der Waals surface area contributed by atoms with Crippen LogP contribution >= 0.6 is 0 Å². The molecule has 1 aliphatic heterocycles. The van der Waals surface area contributed by atoms with Crippen molar-refractivity contribution in [2.45, 2.75) is 26.2 Å². The summed E-state index contributed by atoms with van der Waals surface area (Å²) in [6.45, 7) is 2.89. The zero-order chi connectivity index (χ0) is 14.5. The topological polar surface area (TPSA) is 62.5 Å². The van der Waals surface area contributed by atoms with Crippen LogP contribution in [0.2, 0.25) is 0 Å². The van der Waals surface area contributed by atoms with Gasteiger partial charge in [0.25, 0.3) is 5.91 Å². The molecule has 1 amide bonds. The van der Waals surface area contributed by atoms with E-state index in [1.54, 1.807) is 4.90 Å². The van der Waals surface area contributed by atoms with Gasteiger partial charge in [-0.25, -0.2) is 0 Å². The number of aromatic nitrogens is 1. The van der Waals surface area contributed by atoms with Crippen molar-refractivity contribution >= 4 is 11.9 Å². The average molecular weight is 276 g/mol. The van der Waals surface area contributed by atoms with Crippen LogP contribution in [0.5, 0.6) is 0 Å². The van der Waals surface area contributed by atoms with Gasteiger partial charge in [-0.3, -0.25) is 9.59 Å². The van der Waals surface area contributed by atoms with E-state index in [2.05, 4.69) is 0 Å². The molecule has 1 saturated heterocycles. The third-order valence-electron chi connectivity index (χ3n) is 5.18. The zero-order valence-electron chi connectivity index (χ0n) is 11.9. The van der Waals surface area contributed by atoms with Crippen molar-refractivity contribution in [1.82, 2.24) is 9.47 Å². The van der Waals surface area contributed by atoms with E-state index in [0.29, 0.717) is 25.2 Å². The summed E-state index contributed by atoms with van der Waals surface area (Å²) in [6, 6.07) is 3.73. The molecule has 0 spiro atoms. The first-order valence-corrected chi connectivity index (χ1v) is 7.11. The molecule has 2 aliphatic rings. The number of aryl methyl sites for hydroxylation is 1. The van der Waals surface area contributed by atoms with Crippen LogP contribution in [0.3, 0.4) is 0 Å². The monoisotopic (exact) mass is 276 g/mol. The van der Waals surface area contributed by atoms with E-state index >= 15 is 0 Å². The fourth-order valence-electron chi connectivity index (χ4n) is 3.78. The van der Waals surface area contributed by atoms with Crippen LogP contribution in [-0.4, -0.2) is 39.5 Å². The lowest BCUT2D eigenvalue weighted by atomic mass is 9.81. The quantitative estimate of drug-likeness (QED) is 0.893. The third-order valence-corrected chi connectivity index (χ3v) is 5.18. The van der Waals surface area contributed by atoms with Gasteiger partial charge >= 0.3 is 5.97 Å². The number of carboxylic acid groups (broad SMARTS) is 1. The van der Waals surface area contributed by atoms with Crippen LogP contribution in [0, 0.1) is 18.3 Å². The summed E-state index contributed by atoms with van der Waals surface area (Å²) >= 11 is 0. The van der Waals surface area contributed by atoms with E-state index in [-0.39, 0.29) is 11.8 Å². The van der Waals surface area contributed by atoms with Crippen molar-refractivity contribution in [2.75, 3.05) is 13.1 Å². The summed E-state index contributed by atoms with van der Waals surface area (Å²) in [5.41, 5.74) is 0.972. The van der Waals surface area contributed by atoms with Crippen LogP contribution in [0.25, 0.3) is 0 Å². The SMILES string of the molecule is Cc1ccc(C(=O)N2C[C@@H]3CCC[C@@]3(C(=O)O)C2)n1C. The molecule has 1 N–H and O–H groups in total. The molecule has 0 unspecified atom stereocenters. The Labute approximate surface area is 118 Å². The van der Waals surface area contributed by atoms with Crippen molar-refractivity contribution in [1.29, 1.82) is 0 Å². The minimum Gasteiger partial charge on any atom is -0.481 e. The van der Waals surface area contributed by atoms with Crippen LogP contribution in [0.1, 0.15) is 35.4 Å². The van der Waals surface area contributed by atoms with Gasteiger partial charge in [-0.1, -0.05) is 6.42 Å². The summed E-state index contributed by atoms with van der Waals surface area (Å²) in [4.78, 5) is 26.0. The summed E-state index contributed by atoms with van der Waals surface area (Å²) in [5, 5.41) is 9.56. The normalized spacial score (nSPS) is 28.7. The molecule has 2 heterocycles. The lowest BCUT2D eigenvalue weighted by molar-refractivity contribution is -0.149. The fraction of sp³-hybridized carbons (Fsp3) is 0.600. The largest absolute Gasteiger partial charge is 0.481 e. The number of carbonyl (C=O) groups excluding carboxylic acids is 1. The molecule has 5 nitrogen and oxygen atoms in total. The van der Waals surface area contributed by atoms with E-state index in [1.165, 1.54) is 0 Å². The molecule has 1 aromatic rings. The van der Waals surface area contributed by atoms with Gasteiger partial charge in [-0.2, -0.15) is 0 Å². The van der Waals surface area contributed by atoms with Gasteiger partial charge in [0, 0.05) is 25.8 Å². The fourth-order valence-corrected chi connectivity index (χ4v) is 3.78. The predicted octanol–water partition coefficient (Wildman–Crippen LogP) is 1.66. The van der Waals surface area contributed by atoms with E-state index in [4.69, 9.17) is 0 Å². The maximum atomic E-state index is 12.6. The second-order valence-corrected chi connectivity index (χ2v) is 6.16. The number of carboxylic acids is 1. The Balaban J connectivity index is 1.86. The van der Waals surface area contributed by atoms with Gasteiger partial charge in [0.1, 0.15) is 5.69 Å². The number of carbonyl (C=O) groups is 2. The molecule has 2 atom stereocenters. The first-order chi connectivity index (χ1) is 9.45. The highest BCUT2D eigenvalue weighted by Crippen LogP contribution is 2.49. The standard InChI is InChI=1S/C15H20N2O3/c1-10-5-6-12(16(10)2)13(18)17-8-11-4-3-7-15(11,9-17)14(19)20/h5-6,11H,3-4,7-9H2,1-2H3,(H,19,20)/t11-,15+/m0/s1. The second-order valence-electron chi connectivity index (χ2n) is 6.16.